The summed E-state index contributed by atoms with van der Waals surface area (Å²) in [5.41, 5.74) is 2.63. The summed E-state index contributed by atoms with van der Waals surface area (Å²) in [5.74, 6) is -0.0345. The Kier molecular flexibility index (Phi) is 4.84. The maximum atomic E-state index is 12.5. The zero-order chi connectivity index (χ0) is 16.2. The van der Waals surface area contributed by atoms with Crippen LogP contribution in [0.5, 0.6) is 0 Å². The second-order valence-corrected chi connectivity index (χ2v) is 6.52. The van der Waals surface area contributed by atoms with Crippen LogP contribution in [-0.4, -0.2) is 38.1 Å². The van der Waals surface area contributed by atoms with Gasteiger partial charge in [0.05, 0.1) is 12.2 Å². The van der Waals surface area contributed by atoms with E-state index in [4.69, 9.17) is 4.74 Å². The highest BCUT2D eigenvalue weighted by atomic mass is 16.5. The molecule has 0 spiro atoms. The number of carbonyl (C=O) groups excluding carboxylic acids is 2. The van der Waals surface area contributed by atoms with Gasteiger partial charge >= 0.3 is 5.97 Å². The highest BCUT2D eigenvalue weighted by molar-refractivity contribution is 6.01. The van der Waals surface area contributed by atoms with Gasteiger partial charge in [-0.2, -0.15) is 0 Å². The average molecular weight is 316 g/mol. The van der Waals surface area contributed by atoms with E-state index >= 15 is 0 Å². The van der Waals surface area contributed by atoms with E-state index in [1.165, 1.54) is 0 Å². The van der Waals surface area contributed by atoms with Crippen molar-refractivity contribution < 1.29 is 14.3 Å². The zero-order valence-electron chi connectivity index (χ0n) is 13.6. The topological polar surface area (TPSA) is 58.6 Å². The van der Waals surface area contributed by atoms with Crippen LogP contribution in [0.3, 0.4) is 0 Å². The summed E-state index contributed by atoms with van der Waals surface area (Å²) in [7, 11) is 0. The Balaban J connectivity index is 1.61. The summed E-state index contributed by atoms with van der Waals surface area (Å²) in [5, 5.41) is 2.69. The Hall–Kier alpha value is -2.04. The lowest BCUT2D eigenvalue weighted by molar-refractivity contribution is -0.142. The molecule has 1 N–H and O–H groups in total. The molecule has 5 heteroatoms. The fourth-order valence-corrected chi connectivity index (χ4v) is 2.86. The molecule has 0 bridgehead atoms. The minimum atomic E-state index is -0.361. The van der Waals surface area contributed by atoms with Gasteiger partial charge in [-0.1, -0.05) is 11.6 Å². The third-order valence-corrected chi connectivity index (χ3v) is 4.41. The monoisotopic (exact) mass is 316 g/mol. The molecule has 1 saturated heterocycles. The van der Waals surface area contributed by atoms with Crippen molar-refractivity contribution in [3.05, 3.63) is 29.3 Å². The molecule has 3 rings (SSSR count). The number of aryl methyl sites for hydroxylation is 1. The summed E-state index contributed by atoms with van der Waals surface area (Å²) in [6.45, 7) is 4.34. The number of esters is 1. The fourth-order valence-electron chi connectivity index (χ4n) is 2.86. The maximum Gasteiger partial charge on any atom is 0.325 e. The lowest BCUT2D eigenvalue weighted by Gasteiger charge is -2.21. The van der Waals surface area contributed by atoms with E-state index in [0.717, 1.165) is 50.0 Å². The standard InChI is InChI=1S/C18H24N2O3/c1-13-4-7-16(20-8-2-3-9-20)15(10-13)18(22)19-11-17(21)23-12-14-5-6-14/h4,7,10,14H,2-3,5-6,8-9,11-12H2,1H3,(H,19,22). The van der Waals surface area contributed by atoms with Gasteiger partial charge in [-0.05, 0) is 50.7 Å². The number of amides is 1. The summed E-state index contributed by atoms with van der Waals surface area (Å²) in [4.78, 5) is 26.4. The van der Waals surface area contributed by atoms with Crippen molar-refractivity contribution in [2.45, 2.75) is 32.6 Å². The molecule has 1 aliphatic heterocycles. The third-order valence-electron chi connectivity index (χ3n) is 4.41. The summed E-state index contributed by atoms with van der Waals surface area (Å²) in [6, 6.07) is 5.91. The first-order chi connectivity index (χ1) is 11.1. The van der Waals surface area contributed by atoms with Crippen LogP contribution in [-0.2, 0) is 9.53 Å². The summed E-state index contributed by atoms with van der Waals surface area (Å²) in [6.07, 6.45) is 4.59. The largest absolute Gasteiger partial charge is 0.464 e. The van der Waals surface area contributed by atoms with E-state index in [1.807, 2.05) is 25.1 Å². The molecule has 1 saturated carbocycles. The Morgan fingerprint density at radius 3 is 2.70 bits per heavy atom. The van der Waals surface area contributed by atoms with E-state index in [1.54, 1.807) is 0 Å². The molecule has 0 radical (unpaired) electrons. The Morgan fingerprint density at radius 2 is 2.00 bits per heavy atom. The Morgan fingerprint density at radius 1 is 1.26 bits per heavy atom. The Bertz CT molecular complexity index is 590. The summed E-state index contributed by atoms with van der Waals surface area (Å²) < 4.78 is 5.14. The van der Waals surface area contributed by atoms with E-state index in [0.29, 0.717) is 18.1 Å². The fraction of sp³-hybridized carbons (Fsp3) is 0.556. The minimum Gasteiger partial charge on any atom is -0.464 e. The minimum absolute atomic E-state index is 0.0705. The van der Waals surface area contributed by atoms with Gasteiger partial charge in [0, 0.05) is 18.8 Å². The molecule has 23 heavy (non-hydrogen) atoms. The predicted molar refractivity (Wildman–Crippen MR) is 88.6 cm³/mol. The van der Waals surface area contributed by atoms with E-state index < -0.39 is 0 Å². The van der Waals surface area contributed by atoms with Gasteiger partial charge in [-0.25, -0.2) is 0 Å². The molecule has 1 aromatic rings. The number of nitrogens with zero attached hydrogens (tertiary/aromatic N) is 1. The molecular weight excluding hydrogens is 292 g/mol. The van der Waals surface area contributed by atoms with Crippen LogP contribution in [0.1, 0.15) is 41.6 Å². The van der Waals surface area contributed by atoms with Crippen LogP contribution in [0.15, 0.2) is 18.2 Å². The molecule has 1 aliphatic carbocycles. The second kappa shape index (κ2) is 7.02. The first-order valence-corrected chi connectivity index (χ1v) is 8.43. The van der Waals surface area contributed by atoms with Crippen LogP contribution >= 0.6 is 0 Å². The first kappa shape index (κ1) is 15.8. The number of hydrogen-bond donors (Lipinski definition) is 1. The molecule has 2 aliphatic rings. The van der Waals surface area contributed by atoms with E-state index in [-0.39, 0.29) is 18.4 Å². The molecule has 1 amide bonds. The van der Waals surface area contributed by atoms with Crippen molar-refractivity contribution in [1.82, 2.24) is 5.32 Å². The smallest absolute Gasteiger partial charge is 0.325 e. The quantitative estimate of drug-likeness (QED) is 0.818. The maximum absolute atomic E-state index is 12.5. The van der Waals surface area contributed by atoms with Gasteiger partial charge in [-0.3, -0.25) is 9.59 Å². The highest BCUT2D eigenvalue weighted by Gasteiger charge is 2.23. The van der Waals surface area contributed by atoms with Gasteiger partial charge in [0.2, 0.25) is 0 Å². The van der Waals surface area contributed by atoms with Gasteiger partial charge in [-0.15, -0.1) is 0 Å². The molecule has 0 aromatic heterocycles. The van der Waals surface area contributed by atoms with Crippen molar-refractivity contribution in [3.63, 3.8) is 0 Å². The molecular formula is C18H24N2O3. The number of hydrogen-bond acceptors (Lipinski definition) is 4. The second-order valence-electron chi connectivity index (χ2n) is 6.52. The lowest BCUT2D eigenvalue weighted by Crippen LogP contribution is -2.32. The van der Waals surface area contributed by atoms with Crippen molar-refractivity contribution in [2.24, 2.45) is 5.92 Å². The number of nitrogens with one attached hydrogen (secondary N) is 1. The van der Waals surface area contributed by atoms with Gasteiger partial charge in [0.1, 0.15) is 6.54 Å². The van der Waals surface area contributed by atoms with Crippen LogP contribution < -0.4 is 10.2 Å². The number of carbonyl (C=O) groups is 2. The summed E-state index contributed by atoms with van der Waals surface area (Å²) >= 11 is 0. The third kappa shape index (κ3) is 4.24. The molecule has 0 atom stereocenters. The normalized spacial score (nSPS) is 17.2. The van der Waals surface area contributed by atoms with Crippen LogP contribution in [0, 0.1) is 12.8 Å². The molecule has 2 fully saturated rings. The SMILES string of the molecule is Cc1ccc(N2CCCC2)c(C(=O)NCC(=O)OCC2CC2)c1. The van der Waals surface area contributed by atoms with E-state index in [9.17, 15) is 9.59 Å². The number of ether oxygens (including phenoxy) is 1. The molecule has 1 aromatic carbocycles. The van der Waals surface area contributed by atoms with Crippen molar-refractivity contribution in [2.75, 3.05) is 31.1 Å². The van der Waals surface area contributed by atoms with E-state index in [2.05, 4.69) is 10.2 Å². The molecule has 5 nitrogen and oxygen atoms in total. The number of anilines is 1. The number of rotatable bonds is 6. The molecule has 0 unspecified atom stereocenters. The number of benzene rings is 1. The molecule has 1 heterocycles. The lowest BCUT2D eigenvalue weighted by atomic mass is 10.1. The average Bonchev–Trinajstić information content (AvgIpc) is 3.22. The van der Waals surface area contributed by atoms with Crippen LogP contribution in [0.25, 0.3) is 0 Å². The van der Waals surface area contributed by atoms with Crippen molar-refractivity contribution in [3.8, 4) is 0 Å². The van der Waals surface area contributed by atoms with Gasteiger partial charge in [0.25, 0.3) is 5.91 Å². The molecule has 124 valence electrons. The Labute approximate surface area is 137 Å². The predicted octanol–water partition coefficient (Wildman–Crippen LogP) is 2.28. The van der Waals surface area contributed by atoms with Crippen molar-refractivity contribution >= 4 is 17.6 Å². The van der Waals surface area contributed by atoms with Gasteiger partial charge < -0.3 is 15.0 Å². The zero-order valence-corrected chi connectivity index (χ0v) is 13.6. The van der Waals surface area contributed by atoms with Crippen LogP contribution in [0.4, 0.5) is 5.69 Å². The first-order valence-electron chi connectivity index (χ1n) is 8.43. The van der Waals surface area contributed by atoms with Crippen LogP contribution in [0.2, 0.25) is 0 Å². The van der Waals surface area contributed by atoms with Gasteiger partial charge in [0.15, 0.2) is 0 Å². The van der Waals surface area contributed by atoms with Crippen molar-refractivity contribution in [1.29, 1.82) is 0 Å². The highest BCUT2D eigenvalue weighted by Crippen LogP contribution is 2.28.